The van der Waals surface area contributed by atoms with Crippen molar-refractivity contribution in [3.63, 3.8) is 0 Å². The van der Waals surface area contributed by atoms with Crippen molar-refractivity contribution < 1.29 is 0 Å². The van der Waals surface area contributed by atoms with E-state index in [-0.39, 0.29) is 0 Å². The van der Waals surface area contributed by atoms with Gasteiger partial charge in [0, 0.05) is 11.4 Å². The lowest BCUT2D eigenvalue weighted by Gasteiger charge is -2.27. The van der Waals surface area contributed by atoms with Gasteiger partial charge in [0.15, 0.2) is 0 Å². The zero-order valence-corrected chi connectivity index (χ0v) is 20.0. The van der Waals surface area contributed by atoms with Crippen molar-refractivity contribution in [2.75, 3.05) is 24.1 Å². The lowest BCUT2D eigenvalue weighted by molar-refractivity contribution is 1.43. The fraction of sp³-hybridized carbons (Fsp3) is 0.158. The van der Waals surface area contributed by atoms with E-state index in [9.17, 15) is 0 Å². The van der Waals surface area contributed by atoms with Crippen molar-refractivity contribution in [1.82, 2.24) is 0 Å². The van der Waals surface area contributed by atoms with E-state index in [1.807, 2.05) is 0 Å². The topological polar surface area (TPSA) is 12.0 Å². The summed E-state index contributed by atoms with van der Waals surface area (Å²) in [5, 5.41) is 6.60. The second-order valence-electron chi connectivity index (χ2n) is 8.99. The summed E-state index contributed by atoms with van der Waals surface area (Å²) < 4.78 is 0. The monoisotopic (exact) mass is 379 g/mol. The average molecular weight is 378 g/mol. The largest absolute Gasteiger partial charge is 0.356 e. The summed E-state index contributed by atoms with van der Waals surface area (Å²) in [5.41, 5.74) is 12.2. The summed E-state index contributed by atoms with van der Waals surface area (Å²) in [7, 11) is 15.2. The normalized spacial score (nSPS) is 12.2. The van der Waals surface area contributed by atoms with Crippen molar-refractivity contribution in [2.45, 2.75) is 4.90 Å². The molecule has 0 saturated carbocycles. The van der Waals surface area contributed by atoms with Crippen LogP contribution in [-0.2, 0) is 0 Å². The van der Waals surface area contributed by atoms with Gasteiger partial charge in [-0.05, 0) is 58.7 Å². The third-order valence-corrected chi connectivity index (χ3v) is 8.27. The highest BCUT2D eigenvalue weighted by Gasteiger charge is 2.17. The van der Waals surface area contributed by atoms with Crippen LogP contribution in [0.1, 0.15) is 0 Å². The van der Waals surface area contributed by atoms with E-state index < -0.39 is 10.0 Å². The highest BCUT2D eigenvalue weighted by Crippen LogP contribution is 2.45. The fourth-order valence-electron chi connectivity index (χ4n) is 4.31. The molecule has 0 aromatic heterocycles. The molecule has 3 aromatic rings. The molecular formula is C19H28B7NS. The van der Waals surface area contributed by atoms with Gasteiger partial charge in [-0.3, -0.25) is 0 Å². The molecule has 0 unspecified atom stereocenters. The summed E-state index contributed by atoms with van der Waals surface area (Å²) in [6, 6.07) is 9.01. The van der Waals surface area contributed by atoms with Crippen molar-refractivity contribution in [1.29, 1.82) is 0 Å². The van der Waals surface area contributed by atoms with Gasteiger partial charge < -0.3 is 5.32 Å². The molecule has 0 radical (unpaired) electrons. The van der Waals surface area contributed by atoms with Gasteiger partial charge in [-0.1, -0.05) is 27.3 Å². The first-order chi connectivity index (χ1) is 12.9. The molecule has 0 heterocycles. The van der Waals surface area contributed by atoms with E-state index in [0.717, 1.165) is 5.69 Å². The molecule has 3 rings (SSSR count). The third kappa shape index (κ3) is 3.47. The zero-order chi connectivity index (χ0) is 21.0. The van der Waals surface area contributed by atoms with Crippen LogP contribution in [0.15, 0.2) is 29.2 Å². The van der Waals surface area contributed by atoms with Gasteiger partial charge >= 0.3 is 0 Å². The lowest BCUT2D eigenvalue weighted by atomic mass is 9.59. The molecule has 0 fully saturated rings. The number of hydrogen-bond acceptors (Lipinski definition) is 1. The third-order valence-electron chi connectivity index (χ3n) is 6.58. The SMILES string of the molecule is Bc1c(B)c(B)c2c(B)c(Nc3ccc(S(C)(C)C)cc3)c(B)c(B)c2c1B. The Balaban J connectivity index is 2.20. The Labute approximate surface area is 178 Å². The molecule has 0 bridgehead atoms. The van der Waals surface area contributed by atoms with E-state index >= 15 is 0 Å². The number of fused-ring (bicyclic) bond motifs is 1. The van der Waals surface area contributed by atoms with Gasteiger partial charge in [0.25, 0.3) is 0 Å². The maximum atomic E-state index is 3.74. The first-order valence-corrected chi connectivity index (χ1v) is 12.9. The number of hydrogen-bond donors (Lipinski definition) is 1. The van der Waals surface area contributed by atoms with Gasteiger partial charge in [-0.2, -0.15) is 0 Å². The summed E-state index contributed by atoms with van der Waals surface area (Å²) in [6.07, 6.45) is 7.02. The molecule has 0 saturated heterocycles. The first kappa shape index (κ1) is 21.2. The maximum absolute atomic E-state index is 3.74. The molecule has 136 valence electrons. The highest BCUT2D eigenvalue weighted by molar-refractivity contribution is 8.32. The van der Waals surface area contributed by atoms with Crippen molar-refractivity contribution in [2.24, 2.45) is 0 Å². The smallest absolute Gasteiger partial charge is 0.142 e. The molecule has 0 atom stereocenters. The summed E-state index contributed by atoms with van der Waals surface area (Å²) >= 11 is 0. The highest BCUT2D eigenvalue weighted by atomic mass is 32.3. The van der Waals surface area contributed by atoms with Crippen LogP contribution in [-0.4, -0.2) is 73.7 Å². The Morgan fingerprint density at radius 2 is 1.00 bits per heavy atom. The van der Waals surface area contributed by atoms with Gasteiger partial charge in [0.05, 0.1) is 0 Å². The minimum Gasteiger partial charge on any atom is -0.356 e. The van der Waals surface area contributed by atoms with Crippen molar-refractivity contribution in [3.05, 3.63) is 24.3 Å². The molecule has 9 heteroatoms. The molecule has 0 aliphatic carbocycles. The van der Waals surface area contributed by atoms with E-state index in [2.05, 4.69) is 103 Å². The molecule has 0 aliphatic heterocycles. The van der Waals surface area contributed by atoms with Crippen LogP contribution < -0.4 is 43.6 Å². The lowest BCUT2D eigenvalue weighted by Crippen LogP contribution is -2.52. The van der Waals surface area contributed by atoms with E-state index in [1.54, 1.807) is 0 Å². The van der Waals surface area contributed by atoms with E-state index in [4.69, 9.17) is 0 Å². The number of rotatable bonds is 3. The van der Waals surface area contributed by atoms with Crippen LogP contribution in [0, 0.1) is 0 Å². The van der Waals surface area contributed by atoms with Gasteiger partial charge in [-0.25, -0.2) is 10.0 Å². The molecule has 1 N–H and O–H groups in total. The molecule has 0 amide bonds. The van der Waals surface area contributed by atoms with Crippen LogP contribution in [0.4, 0.5) is 11.4 Å². The Hall–Kier alpha value is -1.48. The number of benzene rings is 3. The number of nitrogens with one attached hydrogen (secondary N) is 1. The average Bonchev–Trinajstić information content (AvgIpc) is 2.64. The second-order valence-corrected chi connectivity index (χ2v) is 13.1. The first-order valence-electron chi connectivity index (χ1n) is 10.0. The van der Waals surface area contributed by atoms with Crippen LogP contribution >= 0.6 is 10.0 Å². The minimum absolute atomic E-state index is 0.691. The Bertz CT molecular complexity index is 1090. The standard InChI is InChI=1S/C19H28B7NS/c1-28(2,3)9-6-4-8(5-7-9)27-19-15(23)11-10(14(22)18(19)26)12(20)16(24)17(25)13(11)21/h4-7,27H,20-26H2,1-3H3. The van der Waals surface area contributed by atoms with Crippen molar-refractivity contribution in [3.8, 4) is 0 Å². The van der Waals surface area contributed by atoms with Gasteiger partial charge in [-0.15, -0.1) is 10.9 Å². The van der Waals surface area contributed by atoms with Gasteiger partial charge in [0.2, 0.25) is 0 Å². The molecule has 0 spiro atoms. The van der Waals surface area contributed by atoms with Gasteiger partial charge in [0.1, 0.15) is 54.9 Å². The Morgan fingerprint density at radius 3 is 1.46 bits per heavy atom. The maximum Gasteiger partial charge on any atom is 0.142 e. The Morgan fingerprint density at radius 1 is 0.571 bits per heavy atom. The predicted octanol–water partition coefficient (Wildman–Crippen LogP) is -6.55. The molecule has 28 heavy (non-hydrogen) atoms. The quantitative estimate of drug-likeness (QED) is 0.447. The number of anilines is 2. The predicted molar refractivity (Wildman–Crippen MR) is 155 cm³/mol. The van der Waals surface area contributed by atoms with Crippen LogP contribution in [0.5, 0.6) is 0 Å². The summed E-state index contributed by atoms with van der Waals surface area (Å²) in [6.45, 7) is 0. The zero-order valence-electron chi connectivity index (χ0n) is 19.2. The van der Waals surface area contributed by atoms with E-state index in [0.29, 0.717) is 0 Å². The van der Waals surface area contributed by atoms with Crippen LogP contribution in [0.25, 0.3) is 10.8 Å². The van der Waals surface area contributed by atoms with Crippen LogP contribution in [0.3, 0.4) is 0 Å². The van der Waals surface area contributed by atoms with Crippen LogP contribution in [0.2, 0.25) is 0 Å². The second kappa shape index (κ2) is 7.41. The molecular weight excluding hydrogens is 350 g/mol. The molecule has 0 aliphatic rings. The summed E-state index contributed by atoms with van der Waals surface area (Å²) in [4.78, 5) is 1.44. The molecule has 3 aromatic carbocycles. The molecule has 1 nitrogen and oxygen atoms in total. The minimum atomic E-state index is -0.691. The fourth-order valence-corrected chi connectivity index (χ4v) is 5.26. The van der Waals surface area contributed by atoms with Crippen molar-refractivity contribution >= 4 is 125 Å². The Kier molecular flexibility index (Phi) is 5.62. The summed E-state index contributed by atoms with van der Waals surface area (Å²) in [5.74, 6) is 0. The van der Waals surface area contributed by atoms with E-state index in [1.165, 1.54) is 59.6 Å².